The number of aryl methyl sites for hydroxylation is 2. The highest BCUT2D eigenvalue weighted by Crippen LogP contribution is 2.21. The van der Waals surface area contributed by atoms with E-state index in [2.05, 4.69) is 47.6 Å². The molecule has 0 amide bonds. The molecule has 4 rings (SSSR count). The van der Waals surface area contributed by atoms with Crippen LogP contribution in [0.3, 0.4) is 0 Å². The van der Waals surface area contributed by atoms with Crippen LogP contribution in [-0.4, -0.2) is 22.7 Å². The lowest BCUT2D eigenvalue weighted by Gasteiger charge is -2.20. The van der Waals surface area contributed by atoms with Gasteiger partial charge in [0.15, 0.2) is 0 Å². The standard InChI is InChI=1S/C29H33N3O2/c1-22-9-4-5-10-23(22)20-27(25-11-8-16-30-21-25)31-17-6-3-7-18-34-26-13-14-28-24(19-26)12-15-29(33)32(28)2/h4-5,8-16,19,21,27,31H,3,6-7,17-18,20H2,1-2H3. The first kappa shape index (κ1) is 23.7. The van der Waals surface area contributed by atoms with Gasteiger partial charge in [-0.3, -0.25) is 9.78 Å². The highest BCUT2D eigenvalue weighted by Gasteiger charge is 2.13. The predicted molar refractivity (Wildman–Crippen MR) is 138 cm³/mol. The quantitative estimate of drug-likeness (QED) is 0.309. The molecule has 1 atom stereocenters. The molecule has 0 aliphatic carbocycles. The molecule has 0 aliphatic heterocycles. The van der Waals surface area contributed by atoms with Gasteiger partial charge in [0.1, 0.15) is 5.75 Å². The zero-order valence-electron chi connectivity index (χ0n) is 20.0. The summed E-state index contributed by atoms with van der Waals surface area (Å²) in [5.74, 6) is 0.846. The minimum absolute atomic E-state index is 0.000512. The number of fused-ring (bicyclic) bond motifs is 1. The van der Waals surface area contributed by atoms with E-state index in [1.807, 2.05) is 42.7 Å². The van der Waals surface area contributed by atoms with Crippen molar-refractivity contribution in [1.82, 2.24) is 14.9 Å². The molecule has 2 heterocycles. The molecule has 0 fully saturated rings. The Morgan fingerprint density at radius 3 is 2.71 bits per heavy atom. The molecule has 0 bridgehead atoms. The number of nitrogens with one attached hydrogen (secondary N) is 1. The van der Waals surface area contributed by atoms with Crippen LogP contribution in [0.1, 0.15) is 42.0 Å². The molecule has 0 saturated heterocycles. The van der Waals surface area contributed by atoms with Crippen LogP contribution in [0.4, 0.5) is 0 Å². The molecule has 2 aromatic carbocycles. The van der Waals surface area contributed by atoms with Crippen LogP contribution < -0.4 is 15.6 Å². The third kappa shape index (κ3) is 6.12. The molecule has 0 spiro atoms. The molecule has 0 saturated carbocycles. The van der Waals surface area contributed by atoms with Gasteiger partial charge in [-0.1, -0.05) is 30.3 Å². The number of pyridine rings is 2. The average Bonchev–Trinajstić information content (AvgIpc) is 2.86. The third-order valence-electron chi connectivity index (χ3n) is 6.35. The number of unbranched alkanes of at least 4 members (excludes halogenated alkanes) is 2. The number of aromatic nitrogens is 2. The number of hydrogen-bond donors (Lipinski definition) is 1. The van der Waals surface area contributed by atoms with Crippen LogP contribution in [0.2, 0.25) is 0 Å². The van der Waals surface area contributed by atoms with Gasteiger partial charge < -0.3 is 14.6 Å². The van der Waals surface area contributed by atoms with Gasteiger partial charge in [-0.05, 0) is 86.2 Å². The summed E-state index contributed by atoms with van der Waals surface area (Å²) in [4.78, 5) is 16.1. The number of rotatable bonds is 11. The molecule has 176 valence electrons. The number of benzene rings is 2. The summed E-state index contributed by atoms with van der Waals surface area (Å²) < 4.78 is 7.61. The summed E-state index contributed by atoms with van der Waals surface area (Å²) in [6.07, 6.45) is 7.93. The fourth-order valence-corrected chi connectivity index (χ4v) is 4.27. The minimum Gasteiger partial charge on any atom is -0.494 e. The second-order valence-electron chi connectivity index (χ2n) is 8.78. The first-order valence-corrected chi connectivity index (χ1v) is 12.0. The molecule has 0 aliphatic rings. The van der Waals surface area contributed by atoms with Crippen molar-refractivity contribution >= 4 is 10.9 Å². The van der Waals surface area contributed by atoms with Crippen molar-refractivity contribution in [3.63, 3.8) is 0 Å². The van der Waals surface area contributed by atoms with Crippen molar-refractivity contribution in [3.8, 4) is 5.75 Å². The Morgan fingerprint density at radius 1 is 1.00 bits per heavy atom. The van der Waals surface area contributed by atoms with Crippen molar-refractivity contribution in [2.45, 2.75) is 38.6 Å². The third-order valence-corrected chi connectivity index (χ3v) is 6.35. The van der Waals surface area contributed by atoms with Crippen LogP contribution in [0.25, 0.3) is 10.9 Å². The molecule has 5 nitrogen and oxygen atoms in total. The smallest absolute Gasteiger partial charge is 0.250 e. The van der Waals surface area contributed by atoms with Crippen LogP contribution >= 0.6 is 0 Å². The fourth-order valence-electron chi connectivity index (χ4n) is 4.27. The summed E-state index contributed by atoms with van der Waals surface area (Å²) in [5.41, 5.74) is 4.83. The van der Waals surface area contributed by atoms with Crippen molar-refractivity contribution < 1.29 is 4.74 Å². The Kier molecular flexibility index (Phi) is 8.10. The topological polar surface area (TPSA) is 56.1 Å². The maximum absolute atomic E-state index is 11.8. The normalized spacial score (nSPS) is 12.1. The van der Waals surface area contributed by atoms with Gasteiger partial charge in [0, 0.05) is 36.9 Å². The second kappa shape index (κ2) is 11.6. The zero-order chi connectivity index (χ0) is 23.8. The summed E-state index contributed by atoms with van der Waals surface area (Å²) in [6, 6.07) is 22.3. The van der Waals surface area contributed by atoms with E-state index in [-0.39, 0.29) is 11.6 Å². The maximum Gasteiger partial charge on any atom is 0.250 e. The van der Waals surface area contributed by atoms with E-state index in [0.717, 1.165) is 48.9 Å². The minimum atomic E-state index is -0.000512. The van der Waals surface area contributed by atoms with E-state index >= 15 is 0 Å². The van der Waals surface area contributed by atoms with Gasteiger partial charge in [-0.15, -0.1) is 0 Å². The molecule has 1 unspecified atom stereocenters. The molecule has 5 heteroatoms. The second-order valence-corrected chi connectivity index (χ2v) is 8.78. The van der Waals surface area contributed by atoms with E-state index in [1.54, 1.807) is 17.7 Å². The Balaban J connectivity index is 1.23. The summed E-state index contributed by atoms with van der Waals surface area (Å²) in [6.45, 7) is 3.81. The molecule has 1 N–H and O–H groups in total. The van der Waals surface area contributed by atoms with E-state index in [0.29, 0.717) is 6.61 Å². The number of ether oxygens (including phenoxy) is 1. The largest absolute Gasteiger partial charge is 0.494 e. The first-order chi connectivity index (χ1) is 16.6. The van der Waals surface area contributed by atoms with Crippen molar-refractivity contribution in [1.29, 1.82) is 0 Å². The predicted octanol–water partition coefficient (Wildman–Crippen LogP) is 5.36. The van der Waals surface area contributed by atoms with Gasteiger partial charge in [0.2, 0.25) is 0 Å². The van der Waals surface area contributed by atoms with E-state index in [1.165, 1.54) is 16.7 Å². The van der Waals surface area contributed by atoms with E-state index < -0.39 is 0 Å². The van der Waals surface area contributed by atoms with Gasteiger partial charge in [-0.2, -0.15) is 0 Å². The Bertz CT molecular complexity index is 1270. The molecule has 34 heavy (non-hydrogen) atoms. The fraction of sp³-hybridized carbons (Fsp3) is 0.310. The molecular weight excluding hydrogens is 422 g/mol. The highest BCUT2D eigenvalue weighted by atomic mass is 16.5. The lowest BCUT2D eigenvalue weighted by atomic mass is 9.97. The number of nitrogens with zero attached hydrogens (tertiary/aromatic N) is 2. The number of hydrogen-bond acceptors (Lipinski definition) is 4. The SMILES string of the molecule is Cc1ccccc1CC(NCCCCCOc1ccc2c(ccc(=O)n2C)c1)c1cccnc1. The highest BCUT2D eigenvalue weighted by molar-refractivity contribution is 5.80. The van der Waals surface area contributed by atoms with Gasteiger partial charge in [0.25, 0.3) is 5.56 Å². The van der Waals surface area contributed by atoms with Gasteiger partial charge in [-0.25, -0.2) is 0 Å². The lowest BCUT2D eigenvalue weighted by molar-refractivity contribution is 0.304. The summed E-state index contributed by atoms with van der Waals surface area (Å²) >= 11 is 0. The van der Waals surface area contributed by atoms with Gasteiger partial charge >= 0.3 is 0 Å². The Hall–Kier alpha value is -3.44. The van der Waals surface area contributed by atoms with Crippen molar-refractivity contribution in [3.05, 3.63) is 106 Å². The monoisotopic (exact) mass is 455 g/mol. The zero-order valence-corrected chi connectivity index (χ0v) is 20.0. The van der Waals surface area contributed by atoms with Crippen LogP contribution in [0.5, 0.6) is 5.75 Å². The molecule has 0 radical (unpaired) electrons. The summed E-state index contributed by atoms with van der Waals surface area (Å²) in [7, 11) is 1.79. The summed E-state index contributed by atoms with van der Waals surface area (Å²) in [5, 5.41) is 4.75. The van der Waals surface area contributed by atoms with Gasteiger partial charge in [0.05, 0.1) is 12.1 Å². The van der Waals surface area contributed by atoms with E-state index in [4.69, 9.17) is 4.74 Å². The Morgan fingerprint density at radius 2 is 1.88 bits per heavy atom. The van der Waals surface area contributed by atoms with Crippen LogP contribution in [0.15, 0.2) is 83.9 Å². The first-order valence-electron chi connectivity index (χ1n) is 12.0. The van der Waals surface area contributed by atoms with Crippen molar-refractivity contribution in [2.24, 2.45) is 7.05 Å². The van der Waals surface area contributed by atoms with E-state index in [9.17, 15) is 4.79 Å². The van der Waals surface area contributed by atoms with Crippen LogP contribution in [-0.2, 0) is 13.5 Å². The van der Waals surface area contributed by atoms with Crippen LogP contribution in [0, 0.1) is 6.92 Å². The molecule has 4 aromatic rings. The Labute approximate surface area is 201 Å². The lowest BCUT2D eigenvalue weighted by Crippen LogP contribution is -2.25. The van der Waals surface area contributed by atoms with Crippen molar-refractivity contribution in [2.75, 3.05) is 13.2 Å². The maximum atomic E-state index is 11.8. The molecular formula is C29H33N3O2. The molecule has 2 aromatic heterocycles. The average molecular weight is 456 g/mol.